The van der Waals surface area contributed by atoms with Gasteiger partial charge in [0.1, 0.15) is 10.7 Å². The summed E-state index contributed by atoms with van der Waals surface area (Å²) in [5, 5.41) is 18.9. The normalized spacial score (nSPS) is 14.4. The number of aromatic nitrogens is 5. The Morgan fingerprint density at radius 3 is 2.81 bits per heavy atom. The molecule has 0 bridgehead atoms. The molecule has 0 spiro atoms. The summed E-state index contributed by atoms with van der Waals surface area (Å²) in [6, 6.07) is 0.959. The van der Waals surface area contributed by atoms with Gasteiger partial charge in [-0.2, -0.15) is 18.3 Å². The molecule has 2 N–H and O–H groups in total. The average molecular weight is 460 g/mol. The molecule has 0 fully saturated rings. The lowest BCUT2D eigenvalue weighted by atomic mass is 10.1. The Bertz CT molecular complexity index is 1330. The third-order valence-electron chi connectivity index (χ3n) is 5.22. The predicted octanol–water partition coefficient (Wildman–Crippen LogP) is 3.23. The first-order valence-electron chi connectivity index (χ1n) is 9.47. The molecular formula is C20H15F3N6O2S. The maximum atomic E-state index is 13.8. The average Bonchev–Trinajstić information content (AvgIpc) is 3.56. The van der Waals surface area contributed by atoms with Gasteiger partial charge in [-0.05, 0) is 6.07 Å². The maximum absolute atomic E-state index is 13.8. The molecule has 1 aliphatic rings. The van der Waals surface area contributed by atoms with Gasteiger partial charge in [0.05, 0.1) is 24.1 Å². The second kappa shape index (κ2) is 7.57. The van der Waals surface area contributed by atoms with Crippen molar-refractivity contribution < 1.29 is 23.1 Å². The number of thiazole rings is 1. The number of hydrogen-bond donors (Lipinski definition) is 2. The zero-order chi connectivity index (χ0) is 22.5. The summed E-state index contributed by atoms with van der Waals surface area (Å²) in [7, 11) is 0. The molecule has 0 saturated carbocycles. The number of halogens is 3. The molecule has 1 aliphatic heterocycles. The van der Waals surface area contributed by atoms with E-state index >= 15 is 0 Å². The van der Waals surface area contributed by atoms with Crippen molar-refractivity contribution in [1.82, 2.24) is 29.5 Å². The zero-order valence-electron chi connectivity index (χ0n) is 16.3. The zero-order valence-corrected chi connectivity index (χ0v) is 17.1. The number of rotatable bonds is 4. The van der Waals surface area contributed by atoms with E-state index in [0.717, 1.165) is 21.0 Å². The highest BCUT2D eigenvalue weighted by Crippen LogP contribution is 2.36. The number of fused-ring (bicyclic) bond motifs is 1. The number of imidazole rings is 1. The summed E-state index contributed by atoms with van der Waals surface area (Å²) in [4.78, 5) is 22.9. The predicted molar refractivity (Wildman–Crippen MR) is 110 cm³/mol. The first-order valence-corrected chi connectivity index (χ1v) is 10.3. The summed E-state index contributed by atoms with van der Waals surface area (Å²) in [6.45, 7) is -0.120. The fourth-order valence-corrected chi connectivity index (χ4v) is 4.36. The highest BCUT2D eigenvalue weighted by atomic mass is 32.1. The fourth-order valence-electron chi connectivity index (χ4n) is 3.69. The van der Waals surface area contributed by atoms with Crippen molar-refractivity contribution in [3.63, 3.8) is 0 Å². The van der Waals surface area contributed by atoms with E-state index in [1.54, 1.807) is 6.20 Å². The lowest BCUT2D eigenvalue weighted by Gasteiger charge is -2.15. The van der Waals surface area contributed by atoms with Crippen molar-refractivity contribution in [2.24, 2.45) is 0 Å². The number of hydrogen-bond acceptors (Lipinski definition) is 6. The Kier molecular flexibility index (Phi) is 4.82. The highest BCUT2D eigenvalue weighted by molar-refractivity contribution is 7.10. The Morgan fingerprint density at radius 2 is 2.16 bits per heavy atom. The van der Waals surface area contributed by atoms with E-state index < -0.39 is 29.9 Å². The molecule has 0 aromatic carbocycles. The van der Waals surface area contributed by atoms with Crippen LogP contribution >= 0.6 is 11.3 Å². The van der Waals surface area contributed by atoms with Crippen LogP contribution in [0.2, 0.25) is 0 Å². The van der Waals surface area contributed by atoms with Gasteiger partial charge in [0, 0.05) is 53.8 Å². The van der Waals surface area contributed by atoms with E-state index in [9.17, 15) is 23.1 Å². The number of alkyl halides is 3. The summed E-state index contributed by atoms with van der Waals surface area (Å²) in [5.41, 5.74) is -0.156. The van der Waals surface area contributed by atoms with Crippen LogP contribution in [0.3, 0.4) is 0 Å². The van der Waals surface area contributed by atoms with Gasteiger partial charge in [0.25, 0.3) is 5.91 Å². The number of aliphatic hydroxyl groups is 1. The smallest absolute Gasteiger partial charge is 0.390 e. The van der Waals surface area contributed by atoms with Crippen LogP contribution in [0.25, 0.3) is 22.3 Å². The Labute approximate surface area is 182 Å². The van der Waals surface area contributed by atoms with E-state index in [1.807, 2.05) is 11.5 Å². The minimum atomic E-state index is -4.72. The number of nitrogens with one attached hydrogen (secondary N) is 1. The number of pyridine rings is 1. The molecule has 0 unspecified atom stereocenters. The maximum Gasteiger partial charge on any atom is 0.420 e. The molecule has 8 nitrogen and oxygen atoms in total. The van der Waals surface area contributed by atoms with E-state index in [2.05, 4.69) is 20.2 Å². The van der Waals surface area contributed by atoms with E-state index in [1.165, 1.54) is 34.8 Å². The number of amides is 1. The molecule has 0 saturated heterocycles. The molecule has 5 heterocycles. The van der Waals surface area contributed by atoms with Crippen LogP contribution in [0.1, 0.15) is 26.8 Å². The van der Waals surface area contributed by atoms with Crippen molar-refractivity contribution in [1.29, 1.82) is 0 Å². The number of aromatic amines is 1. The van der Waals surface area contributed by atoms with Gasteiger partial charge >= 0.3 is 6.18 Å². The quantitative estimate of drug-likeness (QED) is 0.487. The molecule has 0 radical (unpaired) electrons. The van der Waals surface area contributed by atoms with Crippen LogP contribution in [-0.4, -0.2) is 53.6 Å². The molecule has 4 aromatic rings. The Hall–Kier alpha value is -3.51. The molecule has 12 heteroatoms. The van der Waals surface area contributed by atoms with Crippen LogP contribution in [0.5, 0.6) is 0 Å². The molecule has 5 rings (SSSR count). The summed E-state index contributed by atoms with van der Waals surface area (Å²) in [6.07, 6.45) is 3.05. The number of carbonyl (C=O) groups excluding carboxylic acids is 1. The van der Waals surface area contributed by atoms with Crippen molar-refractivity contribution in [2.45, 2.75) is 12.8 Å². The molecule has 1 amide bonds. The number of carbonyl (C=O) groups is 1. The van der Waals surface area contributed by atoms with Crippen molar-refractivity contribution >= 4 is 28.5 Å². The minimum absolute atomic E-state index is 0.0106. The number of nitrogens with zero attached hydrogens (tertiary/aromatic N) is 5. The monoisotopic (exact) mass is 460 g/mol. The van der Waals surface area contributed by atoms with Gasteiger partial charge in [0.2, 0.25) is 0 Å². The lowest BCUT2D eigenvalue weighted by molar-refractivity contribution is -0.136. The van der Waals surface area contributed by atoms with Crippen molar-refractivity contribution in [3.05, 3.63) is 64.3 Å². The van der Waals surface area contributed by atoms with Gasteiger partial charge in [-0.1, -0.05) is 6.08 Å². The van der Waals surface area contributed by atoms with Crippen LogP contribution in [0, 0.1) is 0 Å². The van der Waals surface area contributed by atoms with Crippen LogP contribution in [0.15, 0.2) is 42.3 Å². The van der Waals surface area contributed by atoms with Crippen LogP contribution in [0.4, 0.5) is 13.2 Å². The third-order valence-corrected chi connectivity index (χ3v) is 6.07. The molecular weight excluding hydrogens is 445 g/mol. The lowest BCUT2D eigenvalue weighted by Crippen LogP contribution is -2.30. The van der Waals surface area contributed by atoms with Gasteiger partial charge in [-0.15, -0.1) is 11.3 Å². The van der Waals surface area contributed by atoms with E-state index in [-0.39, 0.29) is 30.0 Å². The first-order chi connectivity index (χ1) is 15.4. The SMILES string of the molecule is O=C(c1nc2c(C(F)(F)F)cc(-c3cn[nH]c3)cn2c1CO)N1CC=C(c2nccs2)C1. The van der Waals surface area contributed by atoms with E-state index in [4.69, 9.17) is 0 Å². The summed E-state index contributed by atoms with van der Waals surface area (Å²) in [5.74, 6) is -0.557. The fraction of sp³-hybridized carbons (Fsp3) is 0.200. The summed E-state index contributed by atoms with van der Waals surface area (Å²) >= 11 is 1.44. The van der Waals surface area contributed by atoms with Gasteiger partial charge in [0.15, 0.2) is 5.69 Å². The summed E-state index contributed by atoms with van der Waals surface area (Å²) < 4.78 is 42.7. The molecule has 0 atom stereocenters. The van der Waals surface area contributed by atoms with Crippen molar-refractivity contribution in [2.75, 3.05) is 13.1 Å². The van der Waals surface area contributed by atoms with Gasteiger partial charge < -0.3 is 10.0 Å². The topological polar surface area (TPSA) is 99.4 Å². The highest BCUT2D eigenvalue weighted by Gasteiger charge is 2.37. The Morgan fingerprint density at radius 1 is 1.31 bits per heavy atom. The Balaban J connectivity index is 1.59. The third kappa shape index (κ3) is 3.37. The molecule has 4 aromatic heterocycles. The van der Waals surface area contributed by atoms with Crippen LogP contribution in [-0.2, 0) is 12.8 Å². The second-order valence-corrected chi connectivity index (χ2v) is 8.03. The number of aliphatic hydroxyl groups excluding tert-OH is 1. The van der Waals surface area contributed by atoms with Gasteiger partial charge in [-0.25, -0.2) is 9.97 Å². The molecule has 164 valence electrons. The number of H-pyrrole nitrogens is 1. The standard InChI is InChI=1S/C20H15F3N6O2S/c21-20(22,23)14-5-12(13-6-25-26-7-13)9-29-15(10-30)16(27-17(14)29)19(31)28-3-1-11(8-28)18-24-2-4-32-18/h1-2,4-7,9,30H,3,8,10H2,(H,25,26). The largest absolute Gasteiger partial charge is 0.420 e. The van der Waals surface area contributed by atoms with E-state index in [0.29, 0.717) is 5.56 Å². The van der Waals surface area contributed by atoms with Crippen molar-refractivity contribution in [3.8, 4) is 11.1 Å². The van der Waals surface area contributed by atoms with Crippen LogP contribution < -0.4 is 0 Å². The molecule has 0 aliphatic carbocycles. The van der Waals surface area contributed by atoms with Gasteiger partial charge in [-0.3, -0.25) is 14.3 Å². The molecule has 32 heavy (non-hydrogen) atoms. The second-order valence-electron chi connectivity index (χ2n) is 7.14. The minimum Gasteiger partial charge on any atom is -0.390 e. The first kappa shape index (κ1) is 20.4.